The fourth-order valence-electron chi connectivity index (χ4n) is 8.76. The lowest BCUT2D eigenvalue weighted by Crippen LogP contribution is -2.61. The second-order valence-electron chi connectivity index (χ2n) is 14.0. The molecule has 4 fully saturated rings. The summed E-state index contributed by atoms with van der Waals surface area (Å²) in [6.07, 6.45) is 10.3. The van der Waals surface area contributed by atoms with Crippen LogP contribution in [0.15, 0.2) is 0 Å². The van der Waals surface area contributed by atoms with Crippen LogP contribution >= 0.6 is 0 Å². The lowest BCUT2D eigenvalue weighted by atomic mass is 9.42. The second kappa shape index (κ2) is 8.21. The predicted molar refractivity (Wildman–Crippen MR) is 134 cm³/mol. The van der Waals surface area contributed by atoms with Crippen molar-refractivity contribution in [3.63, 3.8) is 0 Å². The zero-order valence-corrected chi connectivity index (χ0v) is 23.7. The second-order valence-corrected chi connectivity index (χ2v) is 23.0. The van der Waals surface area contributed by atoms with Crippen LogP contribution in [0, 0.1) is 40.4 Å². The van der Waals surface area contributed by atoms with Gasteiger partial charge >= 0.3 is 0 Å². The van der Waals surface area contributed by atoms with Gasteiger partial charge in [0.1, 0.15) is 0 Å². The molecule has 0 spiro atoms. The van der Waals surface area contributed by atoms with Crippen LogP contribution in [0.1, 0.15) is 65.2 Å². The van der Waals surface area contributed by atoms with Gasteiger partial charge in [0.15, 0.2) is 16.6 Å². The number of aliphatic hydroxyl groups is 1. The zero-order chi connectivity index (χ0) is 22.8. The Bertz CT molecular complexity index is 656. The fourth-order valence-corrected chi connectivity index (χ4v) is 10.7. The van der Waals surface area contributed by atoms with Crippen LogP contribution in [0.3, 0.4) is 0 Å². The van der Waals surface area contributed by atoms with Gasteiger partial charge in [0.25, 0.3) is 0 Å². The number of aliphatic hydroxyl groups excluding tert-OH is 1. The summed E-state index contributed by atoms with van der Waals surface area (Å²) in [4.78, 5) is 0. The number of rotatable bonds is 5. The molecule has 4 rings (SSSR count). The van der Waals surface area contributed by atoms with Crippen molar-refractivity contribution < 1.29 is 14.0 Å². The minimum atomic E-state index is -1.58. The van der Waals surface area contributed by atoms with Crippen molar-refractivity contribution in [1.29, 1.82) is 0 Å². The molecule has 4 saturated carbocycles. The summed E-state index contributed by atoms with van der Waals surface area (Å²) in [7, 11) is -3.11. The first-order valence-electron chi connectivity index (χ1n) is 13.3. The van der Waals surface area contributed by atoms with Crippen LogP contribution < -0.4 is 0 Å². The molecule has 0 saturated heterocycles. The van der Waals surface area contributed by atoms with E-state index in [2.05, 4.69) is 53.1 Å². The highest BCUT2D eigenvalue weighted by Crippen LogP contribution is 2.68. The third-order valence-electron chi connectivity index (χ3n) is 10.00. The molecule has 0 aromatic carbocycles. The van der Waals surface area contributed by atoms with Gasteiger partial charge in [-0.25, -0.2) is 0 Å². The maximum atomic E-state index is 10.6. The first kappa shape index (κ1) is 24.4. The van der Waals surface area contributed by atoms with E-state index >= 15 is 0 Å². The van der Waals surface area contributed by atoms with Gasteiger partial charge in [-0.05, 0) is 126 Å². The lowest BCUT2D eigenvalue weighted by molar-refractivity contribution is -0.178. The monoisotopic (exact) mass is 466 g/mol. The van der Waals surface area contributed by atoms with E-state index < -0.39 is 16.6 Å². The van der Waals surface area contributed by atoms with Crippen molar-refractivity contribution in [3.8, 4) is 0 Å². The average molecular weight is 467 g/mol. The third kappa shape index (κ3) is 4.40. The minimum Gasteiger partial charge on any atom is -0.417 e. The van der Waals surface area contributed by atoms with E-state index in [1.54, 1.807) is 0 Å². The summed E-state index contributed by atoms with van der Waals surface area (Å²) in [5.41, 5.74) is 0.647. The molecule has 0 aromatic rings. The SMILES string of the molecule is C[C@H]1C[C@H](O)C[C@@H]2CC[C@H]3[C@@H]4CC[C@H](O[Si](C)(C)C)[C@@]4(C)CC[C@@H]3[C@]21CO[Si](C)(C)C. The van der Waals surface area contributed by atoms with Crippen molar-refractivity contribution in [2.24, 2.45) is 40.4 Å². The van der Waals surface area contributed by atoms with E-state index in [0.29, 0.717) is 23.4 Å². The van der Waals surface area contributed by atoms with Crippen molar-refractivity contribution in [3.05, 3.63) is 0 Å². The van der Waals surface area contributed by atoms with E-state index in [4.69, 9.17) is 8.85 Å². The molecule has 0 aliphatic heterocycles. The Hall–Kier alpha value is 0.314. The van der Waals surface area contributed by atoms with Gasteiger partial charge in [-0.2, -0.15) is 0 Å². The molecular formula is C26H50O3Si2. The maximum Gasteiger partial charge on any atom is 0.184 e. The molecule has 5 heteroatoms. The van der Waals surface area contributed by atoms with Crippen LogP contribution in [0.4, 0.5) is 0 Å². The van der Waals surface area contributed by atoms with Crippen molar-refractivity contribution in [1.82, 2.24) is 0 Å². The molecule has 0 amide bonds. The Kier molecular flexibility index (Phi) is 6.48. The molecule has 4 aliphatic rings. The highest BCUT2D eigenvalue weighted by Gasteiger charge is 2.63. The van der Waals surface area contributed by atoms with Gasteiger partial charge < -0.3 is 14.0 Å². The summed E-state index contributed by atoms with van der Waals surface area (Å²) in [5.74, 6) is 3.62. The van der Waals surface area contributed by atoms with Gasteiger partial charge in [-0.3, -0.25) is 0 Å². The molecule has 0 aromatic heterocycles. The van der Waals surface area contributed by atoms with E-state index in [0.717, 1.165) is 37.2 Å². The maximum absolute atomic E-state index is 10.6. The summed E-state index contributed by atoms with van der Waals surface area (Å²) >= 11 is 0. The molecule has 0 bridgehead atoms. The van der Waals surface area contributed by atoms with Crippen LogP contribution in [0.5, 0.6) is 0 Å². The Morgan fingerprint density at radius 3 is 2.23 bits per heavy atom. The van der Waals surface area contributed by atoms with Gasteiger partial charge in [0.05, 0.1) is 12.2 Å². The zero-order valence-electron chi connectivity index (χ0n) is 21.7. The van der Waals surface area contributed by atoms with Gasteiger partial charge in [-0.15, -0.1) is 0 Å². The molecule has 0 unspecified atom stereocenters. The van der Waals surface area contributed by atoms with Crippen LogP contribution in [0.25, 0.3) is 0 Å². The van der Waals surface area contributed by atoms with Crippen LogP contribution in [-0.2, 0) is 8.85 Å². The quantitative estimate of drug-likeness (QED) is 0.459. The lowest BCUT2D eigenvalue weighted by Gasteiger charge is -2.64. The normalized spacial score (nSPS) is 48.1. The third-order valence-corrected chi connectivity index (χ3v) is 12.0. The molecule has 4 aliphatic carbocycles. The minimum absolute atomic E-state index is 0.105. The number of hydrogen-bond acceptors (Lipinski definition) is 3. The Labute approximate surface area is 194 Å². The molecule has 1 N–H and O–H groups in total. The summed E-state index contributed by atoms with van der Waals surface area (Å²) < 4.78 is 13.5. The smallest absolute Gasteiger partial charge is 0.184 e. The van der Waals surface area contributed by atoms with Gasteiger partial charge in [0.2, 0.25) is 0 Å². The molecule has 9 atom stereocenters. The predicted octanol–water partition coefficient (Wildman–Crippen LogP) is 6.69. The number of hydrogen-bond donors (Lipinski definition) is 1. The number of fused-ring (bicyclic) bond motifs is 5. The van der Waals surface area contributed by atoms with E-state index in [1.807, 2.05) is 0 Å². The van der Waals surface area contributed by atoms with E-state index in [-0.39, 0.29) is 11.5 Å². The average Bonchev–Trinajstić information content (AvgIpc) is 2.94. The topological polar surface area (TPSA) is 38.7 Å². The summed E-state index contributed by atoms with van der Waals surface area (Å²) in [6.45, 7) is 20.1. The summed E-state index contributed by atoms with van der Waals surface area (Å²) in [6, 6.07) is 0. The largest absolute Gasteiger partial charge is 0.417 e. The van der Waals surface area contributed by atoms with Crippen molar-refractivity contribution in [2.75, 3.05) is 6.61 Å². The molecular weight excluding hydrogens is 416 g/mol. The van der Waals surface area contributed by atoms with Crippen LogP contribution in [-0.4, -0.2) is 40.6 Å². The van der Waals surface area contributed by atoms with E-state index in [1.165, 1.54) is 38.5 Å². The summed E-state index contributed by atoms with van der Waals surface area (Å²) in [5, 5.41) is 10.6. The van der Waals surface area contributed by atoms with E-state index in [9.17, 15) is 5.11 Å². The molecule has 180 valence electrons. The molecule has 31 heavy (non-hydrogen) atoms. The standard InChI is InChI=1S/C26H50O3Si2/c1-18-15-20(27)16-19-9-10-21-22-11-12-24(29-31(6,7)8)25(22,2)14-13-23(21)26(18,19)17-28-30(3,4)5/h18-24,27H,9-17H2,1-8H3/t18-,19-,20-,21-,22-,23-,24-,25-,26-/m0/s1. The van der Waals surface area contributed by atoms with Crippen molar-refractivity contribution in [2.45, 2.75) is 117 Å². The van der Waals surface area contributed by atoms with Crippen molar-refractivity contribution >= 4 is 16.6 Å². The molecule has 0 heterocycles. The molecule has 0 radical (unpaired) electrons. The Morgan fingerprint density at radius 2 is 1.58 bits per heavy atom. The molecule has 3 nitrogen and oxygen atoms in total. The Balaban J connectivity index is 1.64. The fraction of sp³-hybridized carbons (Fsp3) is 1.00. The van der Waals surface area contributed by atoms with Gasteiger partial charge in [0, 0.05) is 12.0 Å². The van der Waals surface area contributed by atoms with Gasteiger partial charge in [-0.1, -0.05) is 13.8 Å². The first-order valence-corrected chi connectivity index (χ1v) is 20.1. The van der Waals surface area contributed by atoms with Crippen LogP contribution in [0.2, 0.25) is 39.3 Å². The highest BCUT2D eigenvalue weighted by molar-refractivity contribution is 6.70. The highest BCUT2D eigenvalue weighted by atomic mass is 28.4. The first-order chi connectivity index (χ1) is 14.3. The Morgan fingerprint density at radius 1 is 0.871 bits per heavy atom.